The molecule has 5 heteroatoms. The molecule has 258 valence electrons. The van der Waals surface area contributed by atoms with Crippen LogP contribution in [0.4, 0.5) is 0 Å². The summed E-state index contributed by atoms with van der Waals surface area (Å²) in [5.74, 6) is 4.68. The molecule has 0 aromatic carbocycles. The summed E-state index contributed by atoms with van der Waals surface area (Å²) in [5.41, 5.74) is 0. The first kappa shape index (κ1) is 40.8. The van der Waals surface area contributed by atoms with Gasteiger partial charge in [0.05, 0.1) is 0 Å². The van der Waals surface area contributed by atoms with Gasteiger partial charge in [0.15, 0.2) is 0 Å². The largest absolute Gasteiger partial charge is 0.307 e. The van der Waals surface area contributed by atoms with Gasteiger partial charge in [0.25, 0.3) is 0 Å². The van der Waals surface area contributed by atoms with Crippen molar-refractivity contribution in [3.63, 3.8) is 0 Å². The van der Waals surface area contributed by atoms with E-state index < -0.39 is 0 Å². The van der Waals surface area contributed by atoms with Crippen molar-refractivity contribution in [3.05, 3.63) is 0 Å². The van der Waals surface area contributed by atoms with E-state index in [4.69, 9.17) is 0 Å². The average molecular weight is 608 g/mol. The van der Waals surface area contributed by atoms with Crippen LogP contribution in [0.3, 0.4) is 0 Å². The maximum absolute atomic E-state index is 2.64. The van der Waals surface area contributed by atoms with E-state index in [0.29, 0.717) is 6.04 Å². The summed E-state index contributed by atoms with van der Waals surface area (Å²) in [6.45, 7) is 32.3. The molecule has 0 radical (unpaired) electrons. The van der Waals surface area contributed by atoms with E-state index in [0.717, 1.165) is 47.7 Å². The molecule has 6 aliphatic heterocycles. The van der Waals surface area contributed by atoms with Crippen molar-refractivity contribution < 1.29 is 0 Å². The number of fused-ring (bicyclic) bond motifs is 3. The highest BCUT2D eigenvalue weighted by Crippen LogP contribution is 2.36. The minimum Gasteiger partial charge on any atom is -0.307 e. The third-order valence-corrected chi connectivity index (χ3v) is 11.2. The second-order valence-corrected chi connectivity index (χ2v) is 16.3. The quantitative estimate of drug-likeness (QED) is 0.315. The van der Waals surface area contributed by atoms with Crippen LogP contribution in [-0.2, 0) is 0 Å². The van der Waals surface area contributed by atoms with Gasteiger partial charge in [-0.2, -0.15) is 0 Å². The van der Waals surface area contributed by atoms with Gasteiger partial charge in [-0.3, -0.25) is 0 Å². The molecule has 43 heavy (non-hydrogen) atoms. The van der Waals surface area contributed by atoms with Crippen LogP contribution < -0.4 is 0 Å². The summed E-state index contributed by atoms with van der Waals surface area (Å²) < 4.78 is 0. The molecular formula is C38H81N5. The smallest absolute Gasteiger partial charge is 0.0116 e. The molecule has 6 rings (SSSR count). The first-order chi connectivity index (χ1) is 20.1. The first-order valence-electron chi connectivity index (χ1n) is 18.7. The lowest BCUT2D eigenvalue weighted by Gasteiger charge is -2.46. The summed E-state index contributed by atoms with van der Waals surface area (Å²) in [6, 6.07) is 3.19. The predicted octanol–water partition coefficient (Wildman–Crippen LogP) is 7.90. The number of nitrogens with zero attached hydrogens (tertiary/aromatic N) is 5. The van der Waals surface area contributed by atoms with Gasteiger partial charge in [-0.05, 0) is 176 Å². The number of hydrogen-bond acceptors (Lipinski definition) is 5. The Labute approximate surface area is 272 Å². The minimum atomic E-state index is 0.685. The van der Waals surface area contributed by atoms with Gasteiger partial charge in [0, 0.05) is 30.7 Å². The lowest BCUT2D eigenvalue weighted by atomic mass is 9.74. The zero-order chi connectivity index (χ0) is 32.7. The zero-order valence-electron chi connectivity index (χ0n) is 32.0. The molecule has 0 aromatic heterocycles. The van der Waals surface area contributed by atoms with Gasteiger partial charge >= 0.3 is 0 Å². The molecule has 0 aliphatic carbocycles. The molecule has 6 heterocycles. The molecule has 0 amide bonds. The van der Waals surface area contributed by atoms with Crippen molar-refractivity contribution in [3.8, 4) is 0 Å². The lowest BCUT2D eigenvalue weighted by molar-refractivity contribution is 0.0277. The van der Waals surface area contributed by atoms with E-state index in [1.165, 1.54) is 97.2 Å². The number of piperidine rings is 3. The van der Waals surface area contributed by atoms with Gasteiger partial charge in [-0.15, -0.1) is 0 Å². The van der Waals surface area contributed by atoms with Crippen molar-refractivity contribution in [1.82, 2.24) is 24.5 Å². The molecule has 0 spiro atoms. The fourth-order valence-corrected chi connectivity index (χ4v) is 7.58. The van der Waals surface area contributed by atoms with Gasteiger partial charge in [0.1, 0.15) is 0 Å². The van der Waals surface area contributed by atoms with Gasteiger partial charge in [-0.1, -0.05) is 41.5 Å². The molecule has 5 nitrogen and oxygen atoms in total. The topological polar surface area (TPSA) is 16.2 Å². The summed E-state index contributed by atoms with van der Waals surface area (Å²) in [5, 5.41) is 0. The van der Waals surface area contributed by atoms with E-state index in [9.17, 15) is 0 Å². The highest BCUT2D eigenvalue weighted by atomic mass is 15.2. The molecular weight excluding hydrogens is 526 g/mol. The molecule has 2 bridgehead atoms. The number of hydrogen-bond donors (Lipinski definition) is 0. The Morgan fingerprint density at radius 1 is 0.535 bits per heavy atom. The molecule has 3 atom stereocenters. The van der Waals surface area contributed by atoms with E-state index in [1.807, 2.05) is 0 Å². The van der Waals surface area contributed by atoms with Crippen LogP contribution in [0.5, 0.6) is 0 Å². The van der Waals surface area contributed by atoms with Crippen LogP contribution in [0, 0.1) is 29.6 Å². The van der Waals surface area contributed by atoms with Crippen molar-refractivity contribution in [2.24, 2.45) is 29.6 Å². The fraction of sp³-hybridized carbons (Fsp3) is 1.00. The van der Waals surface area contributed by atoms with E-state index in [2.05, 4.69) is 122 Å². The van der Waals surface area contributed by atoms with Crippen molar-refractivity contribution in [2.45, 2.75) is 145 Å². The van der Waals surface area contributed by atoms with Gasteiger partial charge in [0.2, 0.25) is 0 Å². The molecule has 6 aliphatic rings. The summed E-state index contributed by atoms with van der Waals surface area (Å²) in [7, 11) is 8.62. The molecule has 3 unspecified atom stereocenters. The molecule has 0 saturated carbocycles. The second-order valence-electron chi connectivity index (χ2n) is 16.3. The van der Waals surface area contributed by atoms with E-state index >= 15 is 0 Å². The van der Waals surface area contributed by atoms with Crippen molar-refractivity contribution in [1.29, 1.82) is 0 Å². The third-order valence-electron chi connectivity index (χ3n) is 11.2. The fourth-order valence-electron chi connectivity index (χ4n) is 7.58. The normalized spacial score (nSPS) is 29.4. The maximum Gasteiger partial charge on any atom is 0.0116 e. The Morgan fingerprint density at radius 2 is 0.953 bits per heavy atom. The second kappa shape index (κ2) is 21.6. The maximum atomic E-state index is 2.64. The van der Waals surface area contributed by atoms with Crippen LogP contribution in [0.25, 0.3) is 0 Å². The summed E-state index contributed by atoms with van der Waals surface area (Å²) in [4.78, 5) is 12.3. The third kappa shape index (κ3) is 15.8. The molecule has 0 N–H and O–H groups in total. The van der Waals surface area contributed by atoms with Crippen LogP contribution in [0.15, 0.2) is 0 Å². The summed E-state index contributed by atoms with van der Waals surface area (Å²) in [6.07, 6.45) is 11.4. The minimum absolute atomic E-state index is 0.685. The average Bonchev–Trinajstić information content (AvgIpc) is 3.73. The molecule has 6 saturated heterocycles. The van der Waals surface area contributed by atoms with Crippen LogP contribution in [0.2, 0.25) is 0 Å². The van der Waals surface area contributed by atoms with E-state index in [-0.39, 0.29) is 0 Å². The highest BCUT2D eigenvalue weighted by molar-refractivity contribution is 4.87. The van der Waals surface area contributed by atoms with Crippen LogP contribution >= 0.6 is 0 Å². The molecule has 0 aromatic rings. The predicted molar refractivity (Wildman–Crippen MR) is 193 cm³/mol. The van der Waals surface area contributed by atoms with Gasteiger partial charge in [-0.25, -0.2) is 0 Å². The molecule has 6 fully saturated rings. The Bertz CT molecular complexity index is 631. The lowest BCUT2D eigenvalue weighted by Crippen LogP contribution is -2.48. The Kier molecular flexibility index (Phi) is 20.5. The Hall–Kier alpha value is -0.200. The standard InChI is InChI=1S/C10H19N.2C8H17N.C7H15N.C5H13N/c1-8(2)10-7-11-5-3-9(10)4-6-11;2*1-7(2)8-5-4-6-9(8)3;1-7(2)8-5-3-4-6-8;1-5(2)6(3)4/h8-10H,3-7H2,1-2H3;2*7-8H,4-6H2,1-3H3;7H,3-6H2,1-2H3;5H,1-4H3. The first-order valence-corrected chi connectivity index (χ1v) is 18.7. The van der Waals surface area contributed by atoms with Crippen LogP contribution in [0.1, 0.15) is 121 Å². The van der Waals surface area contributed by atoms with Crippen molar-refractivity contribution >= 4 is 0 Å². The highest BCUT2D eigenvalue weighted by Gasteiger charge is 2.35. The van der Waals surface area contributed by atoms with Crippen molar-refractivity contribution in [2.75, 3.05) is 74.0 Å². The Morgan fingerprint density at radius 3 is 1.12 bits per heavy atom. The SMILES string of the molecule is CC(C)C1CCCN1C.CC(C)C1CCCN1C.CC(C)C1CN2CCC1CC2.CC(C)N(C)C.CC(C)N1CCCC1. The Balaban J connectivity index is 0.000000273. The van der Waals surface area contributed by atoms with Crippen LogP contribution in [-0.4, -0.2) is 123 Å². The number of rotatable bonds is 5. The van der Waals surface area contributed by atoms with E-state index in [1.54, 1.807) is 0 Å². The summed E-state index contributed by atoms with van der Waals surface area (Å²) >= 11 is 0. The monoisotopic (exact) mass is 608 g/mol. The number of likely N-dealkylation sites (tertiary alicyclic amines) is 3. The van der Waals surface area contributed by atoms with Gasteiger partial charge < -0.3 is 24.5 Å². The zero-order valence-corrected chi connectivity index (χ0v) is 32.0.